The van der Waals surface area contributed by atoms with E-state index in [1.807, 2.05) is 0 Å². The second-order valence-corrected chi connectivity index (χ2v) is 1.47. The zero-order valence-electron chi connectivity index (χ0n) is 3.07. The molecular weight excluding hydrogens is 255 g/mol. The number of phosphoric acid groups is 1. The summed E-state index contributed by atoms with van der Waals surface area (Å²) in [6.07, 6.45) is 0. The predicted octanol–water partition coefficient (Wildman–Crippen LogP) is -1.68. The van der Waals surface area contributed by atoms with Crippen LogP contribution in [-0.4, -0.2) is 9.79 Å². The molecule has 7 heteroatoms. The molecule has 0 aromatic carbocycles. The van der Waals surface area contributed by atoms with Gasteiger partial charge in [-0.05, 0) is 0 Å². The van der Waals surface area contributed by atoms with E-state index in [1.165, 1.54) is 0 Å². The first kappa shape index (κ1) is 15.8. The van der Waals surface area contributed by atoms with E-state index in [4.69, 9.17) is 19.2 Å². The van der Waals surface area contributed by atoms with Crippen molar-refractivity contribution in [2.24, 2.45) is 0 Å². The molecule has 2 N–H and O–H groups in total. The Bertz CT molecular complexity index is 54.2. The molecule has 0 heterocycles. The molecule has 5 nitrogen and oxygen atoms in total. The standard InChI is InChI=1S/Nd.H3O4P.O/c;1-5(2,3)4;/h;(H3,1,2,3,4);/q+3;;-2/p-1. The second kappa shape index (κ2) is 5.56. The van der Waals surface area contributed by atoms with Gasteiger partial charge < -0.3 is 20.2 Å². The molecule has 0 saturated carbocycles. The van der Waals surface area contributed by atoms with Gasteiger partial charge in [0.1, 0.15) is 0 Å². The van der Waals surface area contributed by atoms with Crippen LogP contribution < -0.4 is 4.89 Å². The number of hydrogen-bond donors (Lipinski definition) is 2. The van der Waals surface area contributed by atoms with Crippen molar-refractivity contribution < 1.29 is 65.6 Å². The summed E-state index contributed by atoms with van der Waals surface area (Å²) < 4.78 is 8.77. The summed E-state index contributed by atoms with van der Waals surface area (Å²) in [5.41, 5.74) is 0. The predicted molar refractivity (Wildman–Crippen MR) is 12.7 cm³/mol. The topological polar surface area (TPSA) is 109 Å². The van der Waals surface area contributed by atoms with Gasteiger partial charge in [-0.15, -0.1) is 0 Å². The van der Waals surface area contributed by atoms with Gasteiger partial charge in [0.15, 0.2) is 0 Å². The molecule has 0 aromatic heterocycles. The van der Waals surface area contributed by atoms with Crippen molar-refractivity contribution in [1.82, 2.24) is 0 Å². The van der Waals surface area contributed by atoms with Gasteiger partial charge in [0, 0.05) is 0 Å². The molecule has 0 aliphatic carbocycles. The van der Waals surface area contributed by atoms with Crippen molar-refractivity contribution >= 4 is 7.82 Å². The Morgan fingerprint density at radius 2 is 1.43 bits per heavy atom. The molecule has 0 rings (SSSR count). The Morgan fingerprint density at radius 1 is 1.43 bits per heavy atom. The summed E-state index contributed by atoms with van der Waals surface area (Å²) >= 11 is 0. The van der Waals surface area contributed by atoms with E-state index < -0.39 is 7.82 Å². The van der Waals surface area contributed by atoms with Gasteiger partial charge in [-0.1, -0.05) is 0 Å². The second-order valence-electron chi connectivity index (χ2n) is 0.491. The molecule has 41 valence electrons. The first-order valence-electron chi connectivity index (χ1n) is 0.765. The Balaban J connectivity index is -0.0000000800. The SMILES string of the molecule is O=P([O-])(O)O.[Nd+3].[O-2]. The van der Waals surface area contributed by atoms with E-state index in [9.17, 15) is 0 Å². The van der Waals surface area contributed by atoms with E-state index in [1.54, 1.807) is 0 Å². The Labute approximate surface area is 72.8 Å². The summed E-state index contributed by atoms with van der Waals surface area (Å²) in [4.78, 5) is 22.9. The van der Waals surface area contributed by atoms with Crippen LogP contribution in [0.15, 0.2) is 0 Å². The maximum Gasteiger partial charge on any atom is 3.00 e. The zero-order valence-corrected chi connectivity index (χ0v) is 7.17. The minimum Gasteiger partial charge on any atom is -2.00 e. The summed E-state index contributed by atoms with van der Waals surface area (Å²) in [6.45, 7) is 0. The van der Waals surface area contributed by atoms with Crippen LogP contribution in [0.25, 0.3) is 0 Å². The largest absolute Gasteiger partial charge is 3.00 e. The maximum atomic E-state index is 8.77. The third-order valence-corrected chi connectivity index (χ3v) is 0. The van der Waals surface area contributed by atoms with Crippen LogP contribution in [-0.2, 0) is 10.0 Å². The van der Waals surface area contributed by atoms with Gasteiger partial charge in [-0.3, -0.25) is 4.57 Å². The molecule has 0 amide bonds. The molecule has 0 spiro atoms. The fraction of sp³-hybridized carbons (Fsp3) is 0. The summed E-state index contributed by atoms with van der Waals surface area (Å²) in [5.74, 6) is 0. The minimum absolute atomic E-state index is 0. The Hall–Kier alpha value is 1.42. The maximum absolute atomic E-state index is 8.77. The average molecular weight is 257 g/mol. The molecule has 0 aromatic rings. The van der Waals surface area contributed by atoms with E-state index in [0.29, 0.717) is 0 Å². The summed E-state index contributed by atoms with van der Waals surface area (Å²) in [5, 5.41) is 0. The van der Waals surface area contributed by atoms with Crippen LogP contribution in [0.4, 0.5) is 0 Å². The zero-order chi connectivity index (χ0) is 4.50. The van der Waals surface area contributed by atoms with Gasteiger partial charge in [0.05, 0.1) is 0 Å². The smallest absolute Gasteiger partial charge is 2.00 e. The van der Waals surface area contributed by atoms with Crippen molar-refractivity contribution in [3.05, 3.63) is 0 Å². The normalized spacial score (nSPS) is 8.43. The summed E-state index contributed by atoms with van der Waals surface area (Å²) in [7, 11) is -4.89. The van der Waals surface area contributed by atoms with Crippen molar-refractivity contribution in [3.63, 3.8) is 0 Å². The molecular formula is H2NdO5P. The first-order chi connectivity index (χ1) is 2.00. The molecule has 7 heavy (non-hydrogen) atoms. The number of rotatable bonds is 0. The van der Waals surface area contributed by atoms with Crippen molar-refractivity contribution in [2.75, 3.05) is 0 Å². The van der Waals surface area contributed by atoms with Crippen molar-refractivity contribution in [2.45, 2.75) is 0 Å². The van der Waals surface area contributed by atoms with Crippen LogP contribution >= 0.6 is 7.82 Å². The quantitative estimate of drug-likeness (QED) is 0.505. The van der Waals surface area contributed by atoms with Gasteiger partial charge in [0.2, 0.25) is 0 Å². The van der Waals surface area contributed by atoms with Crippen molar-refractivity contribution in [3.8, 4) is 0 Å². The van der Waals surface area contributed by atoms with Crippen LogP contribution in [0.2, 0.25) is 0 Å². The fourth-order valence-electron chi connectivity index (χ4n) is 0. The monoisotopic (exact) mass is 255 g/mol. The Kier molecular flexibility index (Phi) is 12.5. The molecule has 0 aliphatic heterocycles. The number of hydrogen-bond acceptors (Lipinski definition) is 2. The minimum atomic E-state index is -4.89. The van der Waals surface area contributed by atoms with Crippen molar-refractivity contribution in [1.29, 1.82) is 0 Å². The van der Waals surface area contributed by atoms with E-state index in [2.05, 4.69) is 0 Å². The Morgan fingerprint density at radius 3 is 1.43 bits per heavy atom. The molecule has 0 unspecified atom stereocenters. The van der Waals surface area contributed by atoms with E-state index >= 15 is 0 Å². The van der Waals surface area contributed by atoms with Gasteiger partial charge in [0.25, 0.3) is 7.82 Å². The summed E-state index contributed by atoms with van der Waals surface area (Å²) in [6, 6.07) is 0. The third-order valence-electron chi connectivity index (χ3n) is 0. The van der Waals surface area contributed by atoms with E-state index in [-0.39, 0.29) is 46.3 Å². The molecule has 0 atom stereocenters. The molecule has 0 saturated heterocycles. The van der Waals surface area contributed by atoms with Crippen LogP contribution in [0.1, 0.15) is 0 Å². The molecule has 1 radical (unpaired) electrons. The van der Waals surface area contributed by atoms with Crippen LogP contribution in [0.5, 0.6) is 0 Å². The van der Waals surface area contributed by atoms with Crippen LogP contribution in [0, 0.1) is 40.8 Å². The molecule has 0 bridgehead atoms. The fourth-order valence-corrected chi connectivity index (χ4v) is 0. The average Bonchev–Trinajstić information content (AvgIpc) is 0.722. The van der Waals surface area contributed by atoms with Gasteiger partial charge >= 0.3 is 40.8 Å². The van der Waals surface area contributed by atoms with Crippen LogP contribution in [0.3, 0.4) is 0 Å². The van der Waals surface area contributed by atoms with Gasteiger partial charge in [-0.2, -0.15) is 0 Å². The third kappa shape index (κ3) is 108. The van der Waals surface area contributed by atoms with E-state index in [0.717, 1.165) is 0 Å². The molecule has 0 aliphatic rings. The molecule has 0 fully saturated rings. The van der Waals surface area contributed by atoms with Gasteiger partial charge in [-0.25, -0.2) is 0 Å². The first-order valence-corrected chi connectivity index (χ1v) is 2.30.